The summed E-state index contributed by atoms with van der Waals surface area (Å²) in [5.74, 6) is 0. The molecule has 0 fully saturated rings. The van der Waals surface area contributed by atoms with Gasteiger partial charge in [0.1, 0.15) is 0 Å². The molecule has 1 N–H and O–H groups in total. The van der Waals surface area contributed by atoms with E-state index >= 15 is 0 Å². The lowest BCUT2D eigenvalue weighted by Crippen LogP contribution is -2.19. The molecule has 3 rings (SSSR count). The summed E-state index contributed by atoms with van der Waals surface area (Å²) in [4.78, 5) is 1.32. The normalized spacial score (nSPS) is 11.3. The Morgan fingerprint density at radius 2 is 2.14 bits per heavy atom. The number of nitrogens with one attached hydrogen (secondary N) is 1. The molecule has 2 heterocycles. The van der Waals surface area contributed by atoms with E-state index in [2.05, 4.69) is 51.8 Å². The Morgan fingerprint density at radius 3 is 2.95 bits per heavy atom. The molecule has 21 heavy (non-hydrogen) atoms. The Hall–Kier alpha value is -1.69. The number of para-hydroxylation sites is 1. The Morgan fingerprint density at radius 1 is 1.24 bits per heavy atom. The number of hydrogen-bond donors (Lipinski definition) is 1. The van der Waals surface area contributed by atoms with E-state index in [4.69, 9.17) is 9.84 Å². The van der Waals surface area contributed by atoms with Gasteiger partial charge in [-0.15, -0.1) is 11.3 Å². The van der Waals surface area contributed by atoms with Crippen molar-refractivity contribution in [2.24, 2.45) is 0 Å². The summed E-state index contributed by atoms with van der Waals surface area (Å²) in [7, 11) is 1.72. The van der Waals surface area contributed by atoms with Crippen molar-refractivity contribution in [1.82, 2.24) is 15.1 Å². The van der Waals surface area contributed by atoms with Crippen LogP contribution in [0, 0.1) is 0 Å². The Bertz CT molecular complexity index is 691. The summed E-state index contributed by atoms with van der Waals surface area (Å²) in [6.07, 6.45) is 0. The van der Waals surface area contributed by atoms with E-state index < -0.39 is 0 Å². The zero-order chi connectivity index (χ0) is 14.5. The summed E-state index contributed by atoms with van der Waals surface area (Å²) < 4.78 is 7.15. The molecule has 5 heteroatoms. The first-order valence-electron chi connectivity index (χ1n) is 7.05. The number of thiophene rings is 1. The van der Waals surface area contributed by atoms with Gasteiger partial charge in [0.15, 0.2) is 0 Å². The van der Waals surface area contributed by atoms with Crippen LogP contribution < -0.4 is 5.32 Å². The number of rotatable bonds is 7. The first kappa shape index (κ1) is 14.3. The van der Waals surface area contributed by atoms with Gasteiger partial charge in [-0.1, -0.05) is 24.3 Å². The predicted molar refractivity (Wildman–Crippen MR) is 86.7 cm³/mol. The fraction of sp³-hybridized carbons (Fsp3) is 0.312. The highest BCUT2D eigenvalue weighted by atomic mass is 32.1. The Kier molecular flexibility index (Phi) is 4.65. The Balaban J connectivity index is 1.83. The fourth-order valence-corrected chi connectivity index (χ4v) is 3.06. The zero-order valence-corrected chi connectivity index (χ0v) is 12.9. The highest BCUT2D eigenvalue weighted by Crippen LogP contribution is 2.20. The molecule has 0 radical (unpaired) electrons. The fourth-order valence-electron chi connectivity index (χ4n) is 2.38. The van der Waals surface area contributed by atoms with Crippen molar-refractivity contribution in [3.63, 3.8) is 0 Å². The van der Waals surface area contributed by atoms with E-state index in [1.54, 1.807) is 18.4 Å². The first-order chi connectivity index (χ1) is 10.4. The number of methoxy groups -OCH3 is 1. The van der Waals surface area contributed by atoms with Gasteiger partial charge in [-0.2, -0.15) is 5.10 Å². The molecule has 0 saturated carbocycles. The van der Waals surface area contributed by atoms with Crippen LogP contribution in [-0.2, 0) is 17.8 Å². The van der Waals surface area contributed by atoms with Crippen LogP contribution in [0.5, 0.6) is 0 Å². The third kappa shape index (κ3) is 3.32. The van der Waals surface area contributed by atoms with Gasteiger partial charge in [0.25, 0.3) is 0 Å². The maximum Gasteiger partial charge on any atom is 0.0841 e. The van der Waals surface area contributed by atoms with Gasteiger partial charge in [-0.05, 0) is 17.5 Å². The molecule has 0 bridgehead atoms. The van der Waals surface area contributed by atoms with Crippen molar-refractivity contribution in [3.8, 4) is 0 Å². The molecule has 0 aliphatic carbocycles. The minimum absolute atomic E-state index is 0.716. The van der Waals surface area contributed by atoms with Crippen LogP contribution in [0.3, 0.4) is 0 Å². The van der Waals surface area contributed by atoms with Crippen molar-refractivity contribution in [2.45, 2.75) is 13.1 Å². The van der Waals surface area contributed by atoms with Crippen LogP contribution in [-0.4, -0.2) is 30.0 Å². The minimum atomic E-state index is 0.716. The maximum atomic E-state index is 5.06. The van der Waals surface area contributed by atoms with E-state index in [1.165, 1.54) is 15.8 Å². The van der Waals surface area contributed by atoms with E-state index in [0.717, 1.165) is 25.3 Å². The van der Waals surface area contributed by atoms with Crippen LogP contribution >= 0.6 is 11.3 Å². The van der Waals surface area contributed by atoms with Crippen LogP contribution in [0.1, 0.15) is 10.6 Å². The number of benzene rings is 1. The van der Waals surface area contributed by atoms with Crippen molar-refractivity contribution in [2.75, 3.05) is 20.3 Å². The first-order valence-corrected chi connectivity index (χ1v) is 7.93. The van der Waals surface area contributed by atoms with Gasteiger partial charge in [-0.25, -0.2) is 0 Å². The molecule has 2 aromatic heterocycles. The van der Waals surface area contributed by atoms with E-state index in [1.807, 2.05) is 0 Å². The van der Waals surface area contributed by atoms with Crippen LogP contribution in [0.15, 0.2) is 41.8 Å². The quantitative estimate of drug-likeness (QED) is 0.682. The maximum absolute atomic E-state index is 5.06. The highest BCUT2D eigenvalue weighted by molar-refractivity contribution is 7.09. The number of nitrogens with zero attached hydrogens (tertiary/aromatic N) is 2. The van der Waals surface area contributed by atoms with E-state index in [-0.39, 0.29) is 0 Å². The van der Waals surface area contributed by atoms with Gasteiger partial charge >= 0.3 is 0 Å². The number of aromatic nitrogens is 2. The molecular formula is C16H19N3OS. The number of fused-ring (bicyclic) bond motifs is 1. The summed E-state index contributed by atoms with van der Waals surface area (Å²) in [5, 5.41) is 11.5. The molecule has 3 aromatic rings. The van der Waals surface area contributed by atoms with Gasteiger partial charge < -0.3 is 10.1 Å². The third-order valence-electron chi connectivity index (χ3n) is 3.40. The zero-order valence-electron chi connectivity index (χ0n) is 12.1. The van der Waals surface area contributed by atoms with Crippen molar-refractivity contribution >= 4 is 22.2 Å². The summed E-state index contributed by atoms with van der Waals surface area (Å²) in [5.41, 5.74) is 2.28. The van der Waals surface area contributed by atoms with Crippen LogP contribution in [0.4, 0.5) is 0 Å². The molecule has 0 aliphatic rings. The second kappa shape index (κ2) is 6.85. The van der Waals surface area contributed by atoms with Gasteiger partial charge in [-0.3, -0.25) is 4.68 Å². The molecule has 0 spiro atoms. The lowest BCUT2D eigenvalue weighted by Gasteiger charge is -2.01. The molecule has 0 saturated heterocycles. The standard InChI is InChI=1S/C16H19N3OS/c1-20-9-8-17-11-15-14-6-2-3-7-16(14)19(18-15)12-13-5-4-10-21-13/h2-7,10,17H,8-9,11-12H2,1H3. The molecule has 0 unspecified atom stereocenters. The second-order valence-corrected chi connectivity index (χ2v) is 5.90. The minimum Gasteiger partial charge on any atom is -0.383 e. The van der Waals surface area contributed by atoms with Gasteiger partial charge in [0, 0.05) is 30.5 Å². The summed E-state index contributed by atoms with van der Waals surface area (Å²) in [6.45, 7) is 3.15. The second-order valence-electron chi connectivity index (χ2n) is 4.87. The molecule has 4 nitrogen and oxygen atoms in total. The largest absolute Gasteiger partial charge is 0.383 e. The average Bonchev–Trinajstić information content (AvgIpc) is 3.13. The van der Waals surface area contributed by atoms with Crippen molar-refractivity contribution < 1.29 is 4.74 Å². The van der Waals surface area contributed by atoms with Gasteiger partial charge in [0.2, 0.25) is 0 Å². The summed E-state index contributed by atoms with van der Waals surface area (Å²) in [6, 6.07) is 12.6. The molecule has 1 aromatic carbocycles. The lowest BCUT2D eigenvalue weighted by atomic mass is 10.2. The average molecular weight is 301 g/mol. The van der Waals surface area contributed by atoms with E-state index in [0.29, 0.717) is 6.61 Å². The van der Waals surface area contributed by atoms with Crippen LogP contribution in [0.25, 0.3) is 10.9 Å². The van der Waals surface area contributed by atoms with Crippen LogP contribution in [0.2, 0.25) is 0 Å². The molecule has 110 valence electrons. The third-order valence-corrected chi connectivity index (χ3v) is 4.26. The SMILES string of the molecule is COCCNCc1nn(Cc2cccs2)c2ccccc12. The van der Waals surface area contributed by atoms with Crippen molar-refractivity contribution in [1.29, 1.82) is 0 Å². The number of ether oxygens (including phenoxy) is 1. The summed E-state index contributed by atoms with van der Waals surface area (Å²) >= 11 is 1.77. The van der Waals surface area contributed by atoms with Gasteiger partial charge in [0.05, 0.1) is 24.4 Å². The van der Waals surface area contributed by atoms with Crippen molar-refractivity contribution in [3.05, 3.63) is 52.3 Å². The molecular weight excluding hydrogens is 282 g/mol. The highest BCUT2D eigenvalue weighted by Gasteiger charge is 2.10. The molecule has 0 aliphatic heterocycles. The topological polar surface area (TPSA) is 39.1 Å². The molecule has 0 amide bonds. The predicted octanol–water partition coefficient (Wildman–Crippen LogP) is 2.88. The van der Waals surface area contributed by atoms with E-state index in [9.17, 15) is 0 Å². The number of hydrogen-bond acceptors (Lipinski definition) is 4. The lowest BCUT2D eigenvalue weighted by molar-refractivity contribution is 0.199. The Labute approximate surface area is 128 Å². The monoisotopic (exact) mass is 301 g/mol. The smallest absolute Gasteiger partial charge is 0.0841 e. The molecule has 0 atom stereocenters.